The van der Waals surface area contributed by atoms with E-state index in [9.17, 15) is 5.11 Å². The highest BCUT2D eigenvalue weighted by atomic mass is 16.5. The molecule has 30 heavy (non-hydrogen) atoms. The monoisotopic (exact) mass is 403 g/mol. The number of fused-ring (bicyclic) bond motifs is 1. The van der Waals surface area contributed by atoms with Gasteiger partial charge in [0.25, 0.3) is 0 Å². The van der Waals surface area contributed by atoms with E-state index in [1.165, 1.54) is 0 Å². The van der Waals surface area contributed by atoms with Gasteiger partial charge in [-0.15, -0.1) is 0 Å². The number of aliphatic hydroxyl groups is 1. The Morgan fingerprint density at radius 3 is 2.57 bits per heavy atom. The summed E-state index contributed by atoms with van der Waals surface area (Å²) in [5.41, 5.74) is 4.96. The Labute approximate surface area is 175 Å². The van der Waals surface area contributed by atoms with E-state index in [-0.39, 0.29) is 0 Å². The van der Waals surface area contributed by atoms with Crippen molar-refractivity contribution in [3.05, 3.63) is 84.2 Å². The normalized spacial score (nSPS) is 12.1. The number of imidazole rings is 1. The Kier molecular flexibility index (Phi) is 5.97. The van der Waals surface area contributed by atoms with Crippen LogP contribution < -0.4 is 14.8 Å². The van der Waals surface area contributed by atoms with Gasteiger partial charge in [-0.05, 0) is 48.0 Å². The predicted molar refractivity (Wildman–Crippen MR) is 117 cm³/mol. The summed E-state index contributed by atoms with van der Waals surface area (Å²) in [5, 5.41) is 13.9. The van der Waals surface area contributed by atoms with Crippen molar-refractivity contribution in [1.29, 1.82) is 0 Å². The zero-order valence-corrected chi connectivity index (χ0v) is 17.1. The molecule has 0 radical (unpaired) electrons. The third-order valence-corrected chi connectivity index (χ3v) is 5.13. The molecule has 1 heterocycles. The minimum Gasteiger partial charge on any atom is -0.497 e. The number of benzene rings is 3. The molecular formula is C24H25N3O3. The van der Waals surface area contributed by atoms with Crippen LogP contribution in [0.3, 0.4) is 0 Å². The lowest BCUT2D eigenvalue weighted by atomic mass is 10.1. The van der Waals surface area contributed by atoms with E-state index in [4.69, 9.17) is 9.47 Å². The van der Waals surface area contributed by atoms with Crippen LogP contribution in [0.4, 0.5) is 0 Å². The number of aromatic nitrogens is 2. The van der Waals surface area contributed by atoms with Gasteiger partial charge in [-0.1, -0.05) is 24.3 Å². The van der Waals surface area contributed by atoms with Crippen LogP contribution in [0.25, 0.3) is 16.7 Å². The first kappa shape index (κ1) is 19.9. The average Bonchev–Trinajstić information content (AvgIpc) is 3.23. The first-order valence-corrected chi connectivity index (χ1v) is 9.81. The number of rotatable bonds is 8. The molecule has 0 fully saturated rings. The van der Waals surface area contributed by atoms with Gasteiger partial charge in [-0.2, -0.15) is 0 Å². The second-order valence-corrected chi connectivity index (χ2v) is 7.02. The van der Waals surface area contributed by atoms with E-state index < -0.39 is 6.10 Å². The molecule has 4 rings (SSSR count). The summed E-state index contributed by atoms with van der Waals surface area (Å²) in [4.78, 5) is 4.45. The van der Waals surface area contributed by atoms with Gasteiger partial charge in [0.1, 0.15) is 17.8 Å². The Morgan fingerprint density at radius 2 is 1.80 bits per heavy atom. The largest absolute Gasteiger partial charge is 0.497 e. The molecule has 6 heteroatoms. The molecule has 0 aliphatic rings. The van der Waals surface area contributed by atoms with E-state index in [0.29, 0.717) is 30.2 Å². The fourth-order valence-electron chi connectivity index (χ4n) is 3.50. The summed E-state index contributed by atoms with van der Waals surface area (Å²) >= 11 is 0. The molecule has 0 aliphatic carbocycles. The molecule has 0 amide bonds. The van der Waals surface area contributed by atoms with Crippen LogP contribution in [-0.2, 0) is 6.54 Å². The first-order valence-electron chi connectivity index (χ1n) is 9.81. The maximum absolute atomic E-state index is 10.6. The molecule has 0 spiro atoms. The number of nitrogens with zero attached hydrogens (tertiary/aromatic N) is 2. The Balaban J connectivity index is 1.39. The van der Waals surface area contributed by atoms with Gasteiger partial charge in [-0.3, -0.25) is 4.57 Å². The smallest absolute Gasteiger partial charge is 0.124 e. The number of para-hydroxylation sites is 2. The molecule has 1 aromatic heterocycles. The molecule has 6 nitrogen and oxygen atoms in total. The van der Waals surface area contributed by atoms with E-state index in [1.54, 1.807) is 26.4 Å². The molecule has 0 saturated heterocycles. The maximum Gasteiger partial charge on any atom is 0.124 e. The molecular weight excluding hydrogens is 378 g/mol. The standard InChI is InChI=1S/C24H25N3O3/c1-29-19-11-12-24(30-2)20(13-19)23(28)15-25-14-17-7-9-18(10-8-17)27-16-26-21-5-3-4-6-22(21)27/h3-13,16,23,25,28H,14-15H2,1-2H3. The van der Waals surface area contributed by atoms with Crippen molar-refractivity contribution in [3.8, 4) is 17.2 Å². The van der Waals surface area contributed by atoms with Crippen LogP contribution in [0.15, 0.2) is 73.1 Å². The zero-order chi connectivity index (χ0) is 20.9. The van der Waals surface area contributed by atoms with Crippen LogP contribution in [0.2, 0.25) is 0 Å². The molecule has 154 valence electrons. The van der Waals surface area contributed by atoms with Crippen molar-refractivity contribution in [2.75, 3.05) is 20.8 Å². The topological polar surface area (TPSA) is 68.5 Å². The van der Waals surface area contributed by atoms with Crippen molar-refractivity contribution >= 4 is 11.0 Å². The molecule has 3 aromatic carbocycles. The van der Waals surface area contributed by atoms with Gasteiger partial charge >= 0.3 is 0 Å². The Hall–Kier alpha value is -3.35. The minimum atomic E-state index is -0.702. The summed E-state index contributed by atoms with van der Waals surface area (Å²) in [5.74, 6) is 1.33. The van der Waals surface area contributed by atoms with Crippen LogP contribution in [-0.4, -0.2) is 35.4 Å². The van der Waals surface area contributed by atoms with Crippen molar-refractivity contribution in [3.63, 3.8) is 0 Å². The predicted octanol–water partition coefficient (Wildman–Crippen LogP) is 3.87. The number of aliphatic hydroxyl groups excluding tert-OH is 1. The molecule has 4 aromatic rings. The van der Waals surface area contributed by atoms with Crippen LogP contribution in [0.5, 0.6) is 11.5 Å². The van der Waals surface area contributed by atoms with Crippen molar-refractivity contribution in [2.45, 2.75) is 12.6 Å². The number of hydrogen-bond acceptors (Lipinski definition) is 5. The van der Waals surface area contributed by atoms with Crippen molar-refractivity contribution in [2.24, 2.45) is 0 Å². The minimum absolute atomic E-state index is 0.400. The van der Waals surface area contributed by atoms with Gasteiger partial charge in [0.15, 0.2) is 0 Å². The Bertz CT molecular complexity index is 1120. The number of ether oxygens (including phenoxy) is 2. The number of hydrogen-bond donors (Lipinski definition) is 2. The summed E-state index contributed by atoms with van der Waals surface area (Å²) in [6.07, 6.45) is 1.14. The van der Waals surface area contributed by atoms with Crippen LogP contribution >= 0.6 is 0 Å². The van der Waals surface area contributed by atoms with Gasteiger partial charge < -0.3 is 19.9 Å². The van der Waals surface area contributed by atoms with Crippen LogP contribution in [0, 0.1) is 0 Å². The second kappa shape index (κ2) is 8.98. The Morgan fingerprint density at radius 1 is 1.00 bits per heavy atom. The third kappa shape index (κ3) is 4.15. The summed E-state index contributed by atoms with van der Waals surface area (Å²) in [6.45, 7) is 1.05. The molecule has 0 saturated carbocycles. The van der Waals surface area contributed by atoms with Gasteiger partial charge in [0, 0.05) is 24.3 Å². The molecule has 1 unspecified atom stereocenters. The number of nitrogens with one attached hydrogen (secondary N) is 1. The molecule has 2 N–H and O–H groups in total. The van der Waals surface area contributed by atoms with Crippen molar-refractivity contribution in [1.82, 2.24) is 14.9 Å². The van der Waals surface area contributed by atoms with Gasteiger partial charge in [0.05, 0.1) is 31.4 Å². The average molecular weight is 403 g/mol. The van der Waals surface area contributed by atoms with E-state index in [2.05, 4.69) is 45.2 Å². The van der Waals surface area contributed by atoms with E-state index in [0.717, 1.165) is 22.3 Å². The second-order valence-electron chi connectivity index (χ2n) is 7.02. The lowest BCUT2D eigenvalue weighted by Gasteiger charge is -2.16. The van der Waals surface area contributed by atoms with E-state index >= 15 is 0 Å². The molecule has 1 atom stereocenters. The fraction of sp³-hybridized carbons (Fsp3) is 0.208. The lowest BCUT2D eigenvalue weighted by molar-refractivity contribution is 0.169. The fourth-order valence-corrected chi connectivity index (χ4v) is 3.50. The molecule has 0 bridgehead atoms. The highest BCUT2D eigenvalue weighted by Crippen LogP contribution is 2.29. The summed E-state index contributed by atoms with van der Waals surface area (Å²) in [7, 11) is 3.20. The SMILES string of the molecule is COc1ccc(OC)c(C(O)CNCc2ccc(-n3cnc4ccccc43)cc2)c1. The van der Waals surface area contributed by atoms with Crippen LogP contribution in [0.1, 0.15) is 17.2 Å². The van der Waals surface area contributed by atoms with E-state index in [1.807, 2.05) is 30.6 Å². The first-order chi connectivity index (χ1) is 14.7. The zero-order valence-electron chi connectivity index (χ0n) is 17.1. The van der Waals surface area contributed by atoms with Gasteiger partial charge in [0.2, 0.25) is 0 Å². The highest BCUT2D eigenvalue weighted by molar-refractivity contribution is 5.77. The third-order valence-electron chi connectivity index (χ3n) is 5.13. The van der Waals surface area contributed by atoms with Gasteiger partial charge in [-0.25, -0.2) is 4.98 Å². The quantitative estimate of drug-likeness (QED) is 0.468. The number of methoxy groups -OCH3 is 2. The van der Waals surface area contributed by atoms with Crippen molar-refractivity contribution < 1.29 is 14.6 Å². The highest BCUT2D eigenvalue weighted by Gasteiger charge is 2.14. The maximum atomic E-state index is 10.6. The summed E-state index contributed by atoms with van der Waals surface area (Å²) < 4.78 is 12.7. The molecule has 0 aliphatic heterocycles. The lowest BCUT2D eigenvalue weighted by Crippen LogP contribution is -2.21. The summed E-state index contributed by atoms with van der Waals surface area (Å²) in [6, 6.07) is 21.8.